The summed E-state index contributed by atoms with van der Waals surface area (Å²) < 4.78 is 60.8. The Morgan fingerprint density at radius 1 is 0.294 bits per heavy atom. The summed E-state index contributed by atoms with van der Waals surface area (Å²) in [6.07, 6.45) is 1.03. The molecule has 19 rings (SSSR count). The van der Waals surface area contributed by atoms with Gasteiger partial charge in [-0.3, -0.25) is 0 Å². The van der Waals surface area contributed by atoms with E-state index in [2.05, 4.69) is 492 Å². The Labute approximate surface area is 870 Å². The number of alkyl halides is 3. The summed E-state index contributed by atoms with van der Waals surface area (Å²) in [5.41, 5.74) is 2.06. The summed E-state index contributed by atoms with van der Waals surface area (Å²) >= 11 is 0.0287. The van der Waals surface area contributed by atoms with Crippen LogP contribution in [-0.4, -0.2) is 57.3 Å². The van der Waals surface area contributed by atoms with Gasteiger partial charge >= 0.3 is 32.7 Å². The van der Waals surface area contributed by atoms with Crippen molar-refractivity contribution in [3.63, 3.8) is 0 Å². The molecule has 0 aliphatic rings. The van der Waals surface area contributed by atoms with E-state index in [1.807, 2.05) is 50.2 Å². The van der Waals surface area contributed by atoms with E-state index in [1.165, 1.54) is 116 Å². The number of fused-ring (bicyclic) bond motifs is 3. The predicted molar refractivity (Wildman–Crippen MR) is 594 cm³/mol. The van der Waals surface area contributed by atoms with Crippen LogP contribution in [0.5, 0.6) is 11.5 Å². The Bertz CT molecular complexity index is 6840. The van der Waals surface area contributed by atoms with Crippen LogP contribution in [0.25, 0.3) is 32.3 Å². The van der Waals surface area contributed by atoms with Crippen molar-refractivity contribution in [1.82, 2.24) is 4.90 Å². The second-order valence-corrected chi connectivity index (χ2v) is 49.5. The molecule has 14 heteroatoms. The molecule has 0 fully saturated rings. The number of methoxy groups -OCH3 is 1. The highest BCUT2D eigenvalue weighted by Crippen LogP contribution is 2.44. The van der Waals surface area contributed by atoms with Crippen LogP contribution in [0.3, 0.4) is 0 Å². The van der Waals surface area contributed by atoms with Gasteiger partial charge in [-0.25, -0.2) is 4.79 Å². The molecule has 0 aromatic heterocycles. The molecule has 19 aromatic carbocycles. The van der Waals surface area contributed by atoms with Gasteiger partial charge in [0.2, 0.25) is 0 Å². The third kappa shape index (κ3) is 29.5. The third-order valence-electron chi connectivity index (χ3n) is 23.5. The molecule has 0 radical (unpaired) electrons. The Hall–Kier alpha value is -12.7. The summed E-state index contributed by atoms with van der Waals surface area (Å²) in [4.78, 5) is 30.2. The van der Waals surface area contributed by atoms with Crippen molar-refractivity contribution in [1.29, 1.82) is 0 Å². The van der Waals surface area contributed by atoms with Gasteiger partial charge < -0.3 is 19.1 Å². The number of carbonyl (C=O) groups excluding carboxylic acids is 1. The van der Waals surface area contributed by atoms with E-state index in [-0.39, 0.29) is 88.2 Å². The van der Waals surface area contributed by atoms with Crippen LogP contribution in [0.2, 0.25) is 0 Å². The van der Waals surface area contributed by atoms with Crippen LogP contribution in [0.1, 0.15) is 81.3 Å². The van der Waals surface area contributed by atoms with Gasteiger partial charge in [-0.05, 0) is 278 Å². The zero-order valence-corrected chi connectivity index (χ0v) is 89.7. The van der Waals surface area contributed by atoms with Crippen LogP contribution in [0, 0.1) is 34.8 Å². The van der Waals surface area contributed by atoms with Gasteiger partial charge in [-0.15, -0.1) is 13.2 Å². The summed E-state index contributed by atoms with van der Waals surface area (Å²) in [7, 11) is 3.04. The molecule has 0 atom stereocenters. The number of rotatable bonds is 24. The fourth-order valence-electron chi connectivity index (χ4n) is 16.5. The van der Waals surface area contributed by atoms with Gasteiger partial charge in [-0.2, -0.15) is 0 Å². The highest BCUT2D eigenvalue weighted by atomic mass is 127. The predicted octanol–water partition coefficient (Wildman–Crippen LogP) is 30.4. The molecule has 0 amide bonds. The Morgan fingerprint density at radius 2 is 0.552 bits per heavy atom. The van der Waals surface area contributed by atoms with E-state index >= 15 is 0 Å². The number of nitrogens with zero attached hydrogens (tertiary/aromatic N) is 1. The SMILES string of the molecule is CC(C)(C)c1ccc([S+](c2ccc(C(C)(C)C)cc2)C(F)(F)F)cc1.COC(=O)COc1c(C)cc([S+](c2ccccc2)c2ccccc2)cc1C.Cc1cc([S+](c2ccccc2)c2ccccc2)cc(C)c1OCCCN(C)C.c1ccc([I+]c2ccccc2)cc1.c1ccc([S+](c2cccc3ccccc23)c2cccc3ccccc23)cc1.c1ccc([S+](c2ccccc2)c2cccc3ccccc23)cc1. The summed E-state index contributed by atoms with van der Waals surface area (Å²) in [5.74, 6) is 1.40. The lowest BCUT2D eigenvalue weighted by Gasteiger charge is -2.20. The molecule has 5 nitrogen and oxygen atoms in total. The first kappa shape index (κ1) is 106. The second-order valence-electron chi connectivity index (χ2n) is 36.5. The fourth-order valence-corrected chi connectivity index (χ4v) is 29.6. The van der Waals surface area contributed by atoms with Crippen LogP contribution in [-0.2, 0) is 74.8 Å². The normalized spacial score (nSPS) is 11.3. The van der Waals surface area contributed by atoms with E-state index in [0.29, 0.717) is 9.79 Å². The molecule has 0 N–H and O–H groups in total. The quantitative estimate of drug-likeness (QED) is 0.0261. The van der Waals surface area contributed by atoms with Crippen LogP contribution in [0.4, 0.5) is 13.2 Å². The van der Waals surface area contributed by atoms with E-state index in [0.717, 1.165) is 53.3 Å². The lowest BCUT2D eigenvalue weighted by atomic mass is 9.87. The molecule has 19 aromatic rings. The zero-order valence-electron chi connectivity index (χ0n) is 83.5. The van der Waals surface area contributed by atoms with Gasteiger partial charge in [0.15, 0.2) is 93.2 Å². The first-order valence-corrected chi connectivity index (χ1v) is 56.3. The van der Waals surface area contributed by atoms with E-state index in [9.17, 15) is 18.0 Å². The smallest absolute Gasteiger partial charge is 0.493 e. The van der Waals surface area contributed by atoms with Crippen molar-refractivity contribution in [3.05, 3.63) is 514 Å². The number of carbonyl (C=O) groups is 1. The van der Waals surface area contributed by atoms with Crippen molar-refractivity contribution >= 4 is 92.8 Å². The second kappa shape index (κ2) is 52.0. The first-order chi connectivity index (χ1) is 69.3. The molecule has 0 aliphatic heterocycles. The maximum atomic E-state index is 13.8. The van der Waals surface area contributed by atoms with Crippen molar-refractivity contribution in [3.8, 4) is 11.5 Å². The van der Waals surface area contributed by atoms with Crippen molar-refractivity contribution in [2.45, 2.75) is 161 Å². The molecule has 722 valence electrons. The molecule has 143 heavy (non-hydrogen) atoms. The lowest BCUT2D eigenvalue weighted by molar-refractivity contribution is -0.597. The molecule has 0 bridgehead atoms. The van der Waals surface area contributed by atoms with Gasteiger partial charge in [0.1, 0.15) is 22.4 Å². The van der Waals surface area contributed by atoms with E-state index in [4.69, 9.17) is 9.47 Å². The fraction of sp³-hybridized carbons (Fsp3) is 0.155. The number of aryl methyl sites for hydroxylation is 4. The zero-order chi connectivity index (χ0) is 101. The largest absolute Gasteiger partial charge is 0.586 e. The minimum absolute atomic E-state index is 0.0287. The van der Waals surface area contributed by atoms with Gasteiger partial charge in [0, 0.05) is 47.0 Å². The monoisotopic (exact) mass is 2100 g/mol. The van der Waals surface area contributed by atoms with Gasteiger partial charge in [0.25, 0.3) is 0 Å². The molecule has 0 heterocycles. The minimum atomic E-state index is -4.30. The number of halogens is 4. The van der Waals surface area contributed by atoms with Crippen molar-refractivity contribution in [2.75, 3.05) is 41.0 Å². The Morgan fingerprint density at radius 3 is 0.839 bits per heavy atom. The third-order valence-corrected chi connectivity index (χ3v) is 37.1. The van der Waals surface area contributed by atoms with Crippen molar-refractivity contribution < 1.29 is 53.4 Å². The van der Waals surface area contributed by atoms with Crippen molar-refractivity contribution in [2.24, 2.45) is 0 Å². The number of esters is 1. The van der Waals surface area contributed by atoms with E-state index in [1.54, 1.807) is 24.3 Å². The molecular weight excluding hydrogens is 1970 g/mol. The molecule has 0 spiro atoms. The number of ether oxygens (including phenoxy) is 3. The standard InChI is InChI=1S/C26H19S.C25H30NOS.C23H23O3S.C22H17S.C21H26F3S.C12H10I/c1-2-14-22(15-3-1)27(25-18-8-12-20-10-4-6-16-23(20)25)26-19-9-13-21-11-5-7-17-24(21)26;1-20-18-24(19-21(2)25(20)27-17-11-16-26(3)4)28(22-12-7-5-8-13-22)23-14-9-6-10-15-23;1-17-14-21(15-18(2)23(17)26-16-22(24)25-3)27(19-10-6-4-7-11-19)20-12-8-5-9-13-20;1-3-12-19(13-4-1)23(20-14-5-2-6-15-20)22-17-9-11-18-10-7-8-16-21(18)22;1-19(2,3)15-7-11-17(12-8-15)25(21(22,23)24)18-13-9-16(10-14-18)20(4,5)6;1-3-7-11(8-4-1)13-12-9-5-2-6-10-12/h1-19H;5-10,12-15,18-19H,11,16-17H2,1-4H3;4-15H,16H2,1-3H3;1-17H;7-14H,1-6H3;1-10H/q6*+1. The van der Waals surface area contributed by atoms with Crippen LogP contribution in [0.15, 0.2) is 542 Å². The number of hydrogen-bond acceptors (Lipinski definition) is 5. The molecule has 0 aliphatic carbocycles. The van der Waals surface area contributed by atoms with Crippen LogP contribution >= 0.6 is 0 Å². The Kier molecular flexibility index (Phi) is 38.5. The average molecular weight is 2100 g/mol. The Balaban J connectivity index is 0.000000138. The summed E-state index contributed by atoms with van der Waals surface area (Å²) in [6, 6.07) is 165. The van der Waals surface area contributed by atoms with E-state index < -0.39 is 16.4 Å². The summed E-state index contributed by atoms with van der Waals surface area (Å²) in [6.45, 7) is 22.4. The highest BCUT2D eigenvalue weighted by molar-refractivity contribution is 7.98. The number of benzene rings is 19. The maximum absolute atomic E-state index is 13.8. The molecule has 0 saturated heterocycles. The molecule has 0 unspecified atom stereocenters. The first-order valence-electron chi connectivity index (χ1n) is 48.0. The lowest BCUT2D eigenvalue weighted by Crippen LogP contribution is -3.61. The topological polar surface area (TPSA) is 48.0 Å². The summed E-state index contributed by atoms with van der Waals surface area (Å²) in [5, 5.41) is 7.90. The average Bonchev–Trinajstić information content (AvgIpc) is 0.777. The maximum Gasteiger partial charge on any atom is 0.586 e. The number of hydrogen-bond donors (Lipinski definition) is 0. The molecular formula is C129H125F3INO4S5+6. The highest BCUT2D eigenvalue weighted by Gasteiger charge is 2.55. The van der Waals surface area contributed by atoms with Crippen LogP contribution < -0.4 is 30.7 Å². The van der Waals surface area contributed by atoms with Gasteiger partial charge in [-0.1, -0.05) is 321 Å². The molecule has 0 saturated carbocycles. The van der Waals surface area contributed by atoms with Gasteiger partial charge in [0.05, 0.1) is 46.4 Å². The minimum Gasteiger partial charge on any atom is -0.493 e.